The van der Waals surface area contributed by atoms with Crippen molar-refractivity contribution >= 4 is 6.21 Å². The van der Waals surface area contributed by atoms with Crippen LogP contribution in [0.3, 0.4) is 0 Å². The highest BCUT2D eigenvalue weighted by atomic mass is 16.2. The Balaban J connectivity index is 2.64. The zero-order chi connectivity index (χ0) is 8.27. The standard InChI is InChI=1S/C9H16NO/c1-3-10-6-4-9(5-7-11)8(10)2/h6,11H,3-5,7H2,1-2H3/q+1. The molecule has 0 aromatic heterocycles. The van der Waals surface area contributed by atoms with E-state index in [0.717, 1.165) is 19.4 Å². The van der Waals surface area contributed by atoms with Crippen molar-refractivity contribution in [2.75, 3.05) is 13.2 Å². The quantitative estimate of drug-likeness (QED) is 0.605. The monoisotopic (exact) mass is 154 g/mol. The Morgan fingerprint density at radius 3 is 2.82 bits per heavy atom. The Morgan fingerprint density at radius 2 is 2.36 bits per heavy atom. The van der Waals surface area contributed by atoms with E-state index < -0.39 is 0 Å². The fourth-order valence-electron chi connectivity index (χ4n) is 1.49. The summed E-state index contributed by atoms with van der Waals surface area (Å²) in [6.45, 7) is 5.58. The number of aliphatic hydroxyl groups excluding tert-OH is 1. The summed E-state index contributed by atoms with van der Waals surface area (Å²) in [5.41, 5.74) is 2.72. The summed E-state index contributed by atoms with van der Waals surface area (Å²) in [4.78, 5) is 0. The van der Waals surface area contributed by atoms with Gasteiger partial charge < -0.3 is 5.11 Å². The first-order valence-electron chi connectivity index (χ1n) is 4.19. The van der Waals surface area contributed by atoms with Gasteiger partial charge in [-0.2, -0.15) is 0 Å². The van der Waals surface area contributed by atoms with Gasteiger partial charge >= 0.3 is 0 Å². The molecule has 0 aromatic carbocycles. The molecule has 2 heteroatoms. The average Bonchev–Trinajstić information content (AvgIpc) is 2.34. The molecule has 0 unspecified atom stereocenters. The van der Waals surface area contributed by atoms with E-state index in [1.807, 2.05) is 0 Å². The minimum Gasteiger partial charge on any atom is -0.396 e. The zero-order valence-corrected chi connectivity index (χ0v) is 7.30. The molecule has 2 nitrogen and oxygen atoms in total. The maximum Gasteiger partial charge on any atom is 0.177 e. The van der Waals surface area contributed by atoms with E-state index in [1.54, 1.807) is 0 Å². The molecule has 1 aliphatic heterocycles. The van der Waals surface area contributed by atoms with Crippen LogP contribution >= 0.6 is 0 Å². The Bertz CT molecular complexity index is 204. The zero-order valence-electron chi connectivity index (χ0n) is 7.30. The first-order valence-corrected chi connectivity index (χ1v) is 4.19. The first kappa shape index (κ1) is 8.47. The Morgan fingerprint density at radius 1 is 1.64 bits per heavy atom. The molecule has 0 saturated carbocycles. The number of rotatable bonds is 3. The van der Waals surface area contributed by atoms with Gasteiger partial charge in [-0.1, -0.05) is 0 Å². The lowest BCUT2D eigenvalue weighted by Gasteiger charge is -1.96. The van der Waals surface area contributed by atoms with Crippen LogP contribution < -0.4 is 0 Å². The molecule has 0 amide bonds. The summed E-state index contributed by atoms with van der Waals surface area (Å²) in [5, 5.41) is 8.74. The van der Waals surface area contributed by atoms with Crippen molar-refractivity contribution in [3.8, 4) is 0 Å². The molecule has 1 heterocycles. The molecule has 62 valence electrons. The van der Waals surface area contributed by atoms with E-state index in [0.29, 0.717) is 0 Å². The first-order chi connectivity index (χ1) is 5.29. The van der Waals surface area contributed by atoms with E-state index in [9.17, 15) is 0 Å². The van der Waals surface area contributed by atoms with Gasteiger partial charge in [0.25, 0.3) is 0 Å². The molecule has 0 fully saturated rings. The maximum atomic E-state index is 8.74. The molecule has 0 saturated heterocycles. The number of hydrogen-bond donors (Lipinski definition) is 1. The second-order valence-corrected chi connectivity index (χ2v) is 2.84. The summed E-state index contributed by atoms with van der Waals surface area (Å²) in [6.07, 6.45) is 4.05. The topological polar surface area (TPSA) is 23.2 Å². The highest BCUT2D eigenvalue weighted by molar-refractivity contribution is 5.59. The van der Waals surface area contributed by atoms with Crippen LogP contribution in [0.5, 0.6) is 0 Å². The van der Waals surface area contributed by atoms with E-state index in [2.05, 4.69) is 24.6 Å². The van der Waals surface area contributed by atoms with Crippen molar-refractivity contribution in [2.24, 2.45) is 0 Å². The highest BCUT2D eigenvalue weighted by Gasteiger charge is 2.18. The maximum absolute atomic E-state index is 8.74. The lowest BCUT2D eigenvalue weighted by molar-refractivity contribution is -0.465. The third kappa shape index (κ3) is 1.69. The van der Waals surface area contributed by atoms with Crippen LogP contribution in [0.15, 0.2) is 11.3 Å². The number of hydrogen-bond acceptors (Lipinski definition) is 1. The minimum absolute atomic E-state index is 0.276. The van der Waals surface area contributed by atoms with Crippen molar-refractivity contribution in [3.63, 3.8) is 0 Å². The SMILES string of the molecule is CC[N+]1=CCC(CCO)=C1C. The molecule has 1 rings (SSSR count). The molecule has 1 aliphatic rings. The molecule has 0 aliphatic carbocycles. The molecule has 0 atom stereocenters. The molecule has 11 heavy (non-hydrogen) atoms. The average molecular weight is 154 g/mol. The Kier molecular flexibility index (Phi) is 2.83. The summed E-state index contributed by atoms with van der Waals surface area (Å²) in [5.74, 6) is 0. The van der Waals surface area contributed by atoms with Crippen molar-refractivity contribution in [2.45, 2.75) is 26.7 Å². The number of aliphatic hydroxyl groups is 1. The van der Waals surface area contributed by atoms with E-state index >= 15 is 0 Å². The summed E-state index contributed by atoms with van der Waals surface area (Å²) in [7, 11) is 0. The molecule has 0 radical (unpaired) electrons. The summed E-state index contributed by atoms with van der Waals surface area (Å²) >= 11 is 0. The van der Waals surface area contributed by atoms with Gasteiger partial charge in [0, 0.05) is 19.1 Å². The van der Waals surface area contributed by atoms with E-state index in [1.165, 1.54) is 11.3 Å². The molecular weight excluding hydrogens is 138 g/mol. The normalized spacial score (nSPS) is 17.5. The predicted octanol–water partition coefficient (Wildman–Crippen LogP) is 1.15. The number of allylic oxidation sites excluding steroid dienone is 1. The number of nitrogens with zero attached hydrogens (tertiary/aromatic N) is 1. The van der Waals surface area contributed by atoms with Gasteiger partial charge in [-0.05, 0) is 13.3 Å². The van der Waals surface area contributed by atoms with Gasteiger partial charge in [-0.25, -0.2) is 4.58 Å². The van der Waals surface area contributed by atoms with Crippen LogP contribution in [-0.4, -0.2) is 29.0 Å². The lowest BCUT2D eigenvalue weighted by atomic mass is 10.1. The second kappa shape index (κ2) is 3.67. The van der Waals surface area contributed by atoms with E-state index in [4.69, 9.17) is 5.11 Å². The van der Waals surface area contributed by atoms with Gasteiger partial charge in [0.1, 0.15) is 12.8 Å². The van der Waals surface area contributed by atoms with Gasteiger partial charge in [-0.15, -0.1) is 0 Å². The fraction of sp³-hybridized carbons (Fsp3) is 0.667. The molecule has 0 aromatic rings. The van der Waals surface area contributed by atoms with Crippen LogP contribution in [-0.2, 0) is 0 Å². The summed E-state index contributed by atoms with van der Waals surface area (Å²) < 4.78 is 2.24. The van der Waals surface area contributed by atoms with Crippen LogP contribution in [0.4, 0.5) is 0 Å². The second-order valence-electron chi connectivity index (χ2n) is 2.84. The van der Waals surface area contributed by atoms with Gasteiger partial charge in [0.15, 0.2) is 5.70 Å². The van der Waals surface area contributed by atoms with Gasteiger partial charge in [0.2, 0.25) is 0 Å². The Labute approximate surface area is 67.9 Å². The third-order valence-corrected chi connectivity index (χ3v) is 2.25. The Hall–Kier alpha value is -0.630. The van der Waals surface area contributed by atoms with Crippen LogP contribution in [0.2, 0.25) is 0 Å². The molecular formula is C9H16NO+. The lowest BCUT2D eigenvalue weighted by Crippen LogP contribution is -2.05. The van der Waals surface area contributed by atoms with Crippen molar-refractivity contribution in [3.05, 3.63) is 11.3 Å². The fourth-order valence-corrected chi connectivity index (χ4v) is 1.49. The van der Waals surface area contributed by atoms with Crippen LogP contribution in [0.1, 0.15) is 26.7 Å². The minimum atomic E-state index is 0.276. The van der Waals surface area contributed by atoms with Crippen molar-refractivity contribution < 1.29 is 9.68 Å². The smallest absolute Gasteiger partial charge is 0.177 e. The summed E-state index contributed by atoms with van der Waals surface area (Å²) in [6, 6.07) is 0. The van der Waals surface area contributed by atoms with E-state index in [-0.39, 0.29) is 6.61 Å². The molecule has 0 bridgehead atoms. The third-order valence-electron chi connectivity index (χ3n) is 2.25. The largest absolute Gasteiger partial charge is 0.396 e. The van der Waals surface area contributed by atoms with Crippen LogP contribution in [0, 0.1) is 0 Å². The van der Waals surface area contributed by atoms with Crippen LogP contribution in [0.25, 0.3) is 0 Å². The van der Waals surface area contributed by atoms with Gasteiger partial charge in [-0.3, -0.25) is 0 Å². The highest BCUT2D eigenvalue weighted by Crippen LogP contribution is 2.17. The predicted molar refractivity (Wildman–Crippen MR) is 45.9 cm³/mol. The molecule has 1 N–H and O–H groups in total. The van der Waals surface area contributed by atoms with Crippen molar-refractivity contribution in [1.82, 2.24) is 0 Å². The van der Waals surface area contributed by atoms with Crippen molar-refractivity contribution in [1.29, 1.82) is 0 Å². The van der Waals surface area contributed by atoms with Gasteiger partial charge in [0.05, 0.1) is 6.42 Å². The molecule has 0 spiro atoms.